The molecule has 2 N–H and O–H groups in total. The highest BCUT2D eigenvalue weighted by atomic mass is 16.2. The first kappa shape index (κ1) is 17.2. The normalized spacial score (nSPS) is 10.4. The van der Waals surface area contributed by atoms with E-state index in [1.54, 1.807) is 6.07 Å². The molecule has 0 saturated heterocycles. The zero-order valence-corrected chi connectivity index (χ0v) is 13.2. The van der Waals surface area contributed by atoms with Gasteiger partial charge >= 0.3 is 0 Å². The molecule has 0 heterocycles. The second-order valence-electron chi connectivity index (χ2n) is 5.38. The molecule has 0 aliphatic rings. The highest BCUT2D eigenvalue weighted by Gasteiger charge is 2.08. The van der Waals surface area contributed by atoms with Crippen molar-refractivity contribution in [1.82, 2.24) is 10.2 Å². The fourth-order valence-corrected chi connectivity index (χ4v) is 1.83. The largest absolute Gasteiger partial charge is 0.384 e. The Morgan fingerprint density at radius 1 is 1.38 bits per heavy atom. The number of rotatable bonds is 5. The Morgan fingerprint density at radius 3 is 2.71 bits per heavy atom. The fraction of sp³-hybridized carbons (Fsp3) is 0.471. The first-order valence-corrected chi connectivity index (χ1v) is 7.14. The molecular formula is C17H24N2O2. The maximum Gasteiger partial charge on any atom is 0.251 e. The zero-order valence-electron chi connectivity index (χ0n) is 13.2. The Balaban J connectivity index is 2.67. The van der Waals surface area contributed by atoms with Crippen LogP contribution in [0.25, 0.3) is 0 Å². The van der Waals surface area contributed by atoms with Crippen molar-refractivity contribution in [2.45, 2.75) is 26.8 Å². The lowest BCUT2D eigenvalue weighted by atomic mass is 10.1. The first-order chi connectivity index (χ1) is 9.93. The SMILES string of the molecule is Cc1cc(C#CCO)cc(C(=O)NCCN(C)C(C)C)c1. The van der Waals surface area contributed by atoms with Gasteiger partial charge in [0.05, 0.1) is 0 Å². The van der Waals surface area contributed by atoms with Crippen LogP contribution in [0.15, 0.2) is 18.2 Å². The van der Waals surface area contributed by atoms with Gasteiger partial charge in [0.1, 0.15) is 6.61 Å². The monoisotopic (exact) mass is 288 g/mol. The van der Waals surface area contributed by atoms with E-state index < -0.39 is 0 Å². The number of aliphatic hydroxyl groups is 1. The lowest BCUT2D eigenvalue weighted by Crippen LogP contribution is -2.36. The zero-order chi connectivity index (χ0) is 15.8. The fourth-order valence-electron chi connectivity index (χ4n) is 1.83. The van der Waals surface area contributed by atoms with Crippen LogP contribution >= 0.6 is 0 Å². The van der Waals surface area contributed by atoms with Crippen molar-refractivity contribution in [2.24, 2.45) is 0 Å². The molecule has 1 amide bonds. The summed E-state index contributed by atoms with van der Waals surface area (Å²) in [5.74, 6) is 5.33. The second-order valence-corrected chi connectivity index (χ2v) is 5.38. The number of hydrogen-bond acceptors (Lipinski definition) is 3. The molecule has 0 aliphatic heterocycles. The van der Waals surface area contributed by atoms with E-state index in [0.717, 1.165) is 17.7 Å². The third-order valence-corrected chi connectivity index (χ3v) is 3.28. The first-order valence-electron chi connectivity index (χ1n) is 7.14. The molecule has 1 aromatic rings. The Labute approximate surface area is 127 Å². The number of benzene rings is 1. The molecule has 0 unspecified atom stereocenters. The van der Waals surface area contributed by atoms with E-state index in [2.05, 4.69) is 35.9 Å². The maximum atomic E-state index is 12.1. The number of nitrogens with one attached hydrogen (secondary N) is 1. The molecule has 4 heteroatoms. The van der Waals surface area contributed by atoms with Gasteiger partial charge in [-0.2, -0.15) is 0 Å². The number of carbonyl (C=O) groups is 1. The van der Waals surface area contributed by atoms with Gasteiger partial charge in [-0.05, 0) is 51.6 Å². The molecule has 0 spiro atoms. The van der Waals surface area contributed by atoms with Gasteiger partial charge in [0.25, 0.3) is 5.91 Å². The minimum Gasteiger partial charge on any atom is -0.384 e. The summed E-state index contributed by atoms with van der Waals surface area (Å²) in [5.41, 5.74) is 2.32. The van der Waals surface area contributed by atoms with Gasteiger partial charge in [-0.3, -0.25) is 4.79 Å². The third-order valence-electron chi connectivity index (χ3n) is 3.28. The standard InChI is InChI=1S/C17H24N2O2/c1-13(2)19(4)8-7-18-17(21)16-11-14(3)10-15(12-16)6-5-9-20/h10-13,20H,7-9H2,1-4H3,(H,18,21). The van der Waals surface area contributed by atoms with E-state index in [1.165, 1.54) is 0 Å². The highest BCUT2D eigenvalue weighted by Crippen LogP contribution is 2.09. The molecule has 1 aromatic carbocycles. The number of likely N-dealkylation sites (N-methyl/N-ethyl adjacent to an activating group) is 1. The molecule has 0 aromatic heterocycles. The van der Waals surface area contributed by atoms with Crippen LogP contribution in [0.2, 0.25) is 0 Å². The predicted octanol–water partition coefficient (Wildman–Crippen LogP) is 1.41. The van der Waals surface area contributed by atoms with Crippen LogP contribution in [0.3, 0.4) is 0 Å². The van der Waals surface area contributed by atoms with Gasteiger partial charge in [-0.1, -0.05) is 11.8 Å². The minimum absolute atomic E-state index is 0.0945. The van der Waals surface area contributed by atoms with Crippen molar-refractivity contribution in [3.8, 4) is 11.8 Å². The minimum atomic E-state index is -0.184. The van der Waals surface area contributed by atoms with Crippen molar-refractivity contribution >= 4 is 5.91 Å². The van der Waals surface area contributed by atoms with Crippen LogP contribution in [-0.4, -0.2) is 48.7 Å². The van der Waals surface area contributed by atoms with Crippen LogP contribution in [-0.2, 0) is 0 Å². The number of hydrogen-bond donors (Lipinski definition) is 2. The lowest BCUT2D eigenvalue weighted by Gasteiger charge is -2.20. The van der Waals surface area contributed by atoms with Crippen molar-refractivity contribution in [3.63, 3.8) is 0 Å². The number of carbonyl (C=O) groups excluding carboxylic acids is 1. The molecule has 0 radical (unpaired) electrons. The van der Waals surface area contributed by atoms with Crippen LogP contribution in [0.4, 0.5) is 0 Å². The number of aliphatic hydroxyl groups excluding tert-OH is 1. The van der Waals surface area contributed by atoms with Crippen molar-refractivity contribution in [3.05, 3.63) is 34.9 Å². The van der Waals surface area contributed by atoms with Gasteiger partial charge in [0.2, 0.25) is 0 Å². The van der Waals surface area contributed by atoms with Gasteiger partial charge < -0.3 is 15.3 Å². The van der Waals surface area contributed by atoms with Gasteiger partial charge in [0, 0.05) is 30.3 Å². The topological polar surface area (TPSA) is 52.6 Å². The summed E-state index contributed by atoms with van der Waals surface area (Å²) in [4.78, 5) is 14.3. The molecule has 0 bridgehead atoms. The molecule has 1 rings (SSSR count). The molecule has 0 atom stereocenters. The van der Waals surface area contributed by atoms with E-state index in [4.69, 9.17) is 5.11 Å². The number of amides is 1. The summed E-state index contributed by atoms with van der Waals surface area (Å²) in [6, 6.07) is 5.94. The maximum absolute atomic E-state index is 12.1. The Kier molecular flexibility index (Phi) is 6.93. The summed E-state index contributed by atoms with van der Waals surface area (Å²) < 4.78 is 0. The Morgan fingerprint density at radius 2 is 2.10 bits per heavy atom. The summed E-state index contributed by atoms with van der Waals surface area (Å²) in [6.45, 7) is 7.40. The average Bonchev–Trinajstić information content (AvgIpc) is 2.44. The molecule has 4 nitrogen and oxygen atoms in total. The predicted molar refractivity (Wildman–Crippen MR) is 85.2 cm³/mol. The molecule has 114 valence electrons. The van der Waals surface area contributed by atoms with Gasteiger partial charge in [-0.25, -0.2) is 0 Å². The number of aryl methyl sites for hydroxylation is 1. The molecule has 0 saturated carbocycles. The molecular weight excluding hydrogens is 264 g/mol. The third kappa shape index (κ3) is 5.99. The molecule has 0 fully saturated rings. The van der Waals surface area contributed by atoms with Crippen LogP contribution in [0, 0.1) is 18.8 Å². The van der Waals surface area contributed by atoms with E-state index >= 15 is 0 Å². The Hall–Kier alpha value is -1.83. The summed E-state index contributed by atoms with van der Waals surface area (Å²) in [6.07, 6.45) is 0. The van der Waals surface area contributed by atoms with Crippen molar-refractivity contribution in [1.29, 1.82) is 0 Å². The van der Waals surface area contributed by atoms with Gasteiger partial charge in [0.15, 0.2) is 0 Å². The van der Waals surface area contributed by atoms with E-state index in [1.807, 2.05) is 26.1 Å². The quantitative estimate of drug-likeness (QED) is 0.806. The van der Waals surface area contributed by atoms with Crippen LogP contribution < -0.4 is 5.32 Å². The second kappa shape index (κ2) is 8.46. The van der Waals surface area contributed by atoms with E-state index in [9.17, 15) is 4.79 Å². The molecule has 21 heavy (non-hydrogen) atoms. The van der Waals surface area contributed by atoms with Crippen molar-refractivity contribution in [2.75, 3.05) is 26.7 Å². The summed E-state index contributed by atoms with van der Waals surface area (Å²) in [5, 5.41) is 11.6. The lowest BCUT2D eigenvalue weighted by molar-refractivity contribution is 0.0948. The van der Waals surface area contributed by atoms with Crippen LogP contribution in [0.5, 0.6) is 0 Å². The molecule has 0 aliphatic carbocycles. The van der Waals surface area contributed by atoms with Crippen LogP contribution in [0.1, 0.15) is 35.3 Å². The Bertz CT molecular complexity index is 541. The highest BCUT2D eigenvalue weighted by molar-refractivity contribution is 5.94. The van der Waals surface area contributed by atoms with Crippen molar-refractivity contribution < 1.29 is 9.90 Å². The van der Waals surface area contributed by atoms with Gasteiger partial charge in [-0.15, -0.1) is 0 Å². The average molecular weight is 288 g/mol. The van der Waals surface area contributed by atoms with E-state index in [-0.39, 0.29) is 12.5 Å². The van der Waals surface area contributed by atoms with E-state index in [0.29, 0.717) is 18.2 Å². The summed E-state index contributed by atoms with van der Waals surface area (Å²) >= 11 is 0. The number of nitrogens with zero attached hydrogens (tertiary/aromatic N) is 1. The summed E-state index contributed by atoms with van der Waals surface area (Å²) in [7, 11) is 2.03. The smallest absolute Gasteiger partial charge is 0.251 e.